The van der Waals surface area contributed by atoms with E-state index in [1.54, 1.807) is 18.2 Å². The predicted molar refractivity (Wildman–Crippen MR) is 129 cm³/mol. The van der Waals surface area contributed by atoms with Crippen LogP contribution in [-0.4, -0.2) is 64.8 Å². The van der Waals surface area contributed by atoms with Crippen molar-refractivity contribution < 1.29 is 27.4 Å². The Labute approximate surface area is 200 Å². The van der Waals surface area contributed by atoms with Gasteiger partial charge in [-0.05, 0) is 56.2 Å². The molecule has 4 rings (SSSR count). The molecular formula is C24H31N3O6S. The molecule has 2 aliphatic heterocycles. The van der Waals surface area contributed by atoms with Crippen molar-refractivity contribution in [3.8, 4) is 11.5 Å². The van der Waals surface area contributed by atoms with Gasteiger partial charge in [0, 0.05) is 32.6 Å². The summed E-state index contributed by atoms with van der Waals surface area (Å²) >= 11 is 0. The van der Waals surface area contributed by atoms with E-state index in [0.29, 0.717) is 49.9 Å². The third-order valence-corrected chi connectivity index (χ3v) is 7.93. The molecule has 1 fully saturated rings. The highest BCUT2D eigenvalue weighted by atomic mass is 32.2. The van der Waals surface area contributed by atoms with Crippen LogP contribution in [-0.2, 0) is 26.0 Å². The average molecular weight is 490 g/mol. The van der Waals surface area contributed by atoms with E-state index in [4.69, 9.17) is 14.2 Å². The minimum absolute atomic E-state index is 0.163. The van der Waals surface area contributed by atoms with E-state index in [-0.39, 0.29) is 24.0 Å². The fourth-order valence-electron chi connectivity index (χ4n) is 4.12. The van der Waals surface area contributed by atoms with E-state index >= 15 is 0 Å². The number of hydrogen-bond donors (Lipinski definition) is 1. The third-order valence-electron chi connectivity index (χ3n) is 6.03. The molecular weight excluding hydrogens is 458 g/mol. The second kappa shape index (κ2) is 10.6. The van der Waals surface area contributed by atoms with Crippen LogP contribution >= 0.6 is 0 Å². The van der Waals surface area contributed by atoms with Crippen LogP contribution in [0.4, 0.5) is 11.4 Å². The first-order valence-electron chi connectivity index (χ1n) is 11.6. The molecule has 0 saturated carbocycles. The quantitative estimate of drug-likeness (QED) is 0.578. The van der Waals surface area contributed by atoms with Gasteiger partial charge in [0.05, 0.1) is 29.5 Å². The molecule has 1 saturated heterocycles. The Bertz CT molecular complexity index is 1130. The van der Waals surface area contributed by atoms with Crippen molar-refractivity contribution in [2.45, 2.75) is 31.6 Å². The number of nitrogens with zero attached hydrogens (tertiary/aromatic N) is 2. The highest BCUT2D eigenvalue weighted by molar-refractivity contribution is 7.89. The maximum Gasteiger partial charge on any atom is 0.243 e. The Balaban J connectivity index is 1.52. The molecule has 1 amide bonds. The minimum atomic E-state index is -3.68. The Morgan fingerprint density at radius 2 is 1.76 bits per heavy atom. The molecule has 0 unspecified atom stereocenters. The zero-order valence-corrected chi connectivity index (χ0v) is 20.4. The topological polar surface area (TPSA) is 97.4 Å². The minimum Gasteiger partial charge on any atom is -0.454 e. The number of hydrogen-bond acceptors (Lipinski definition) is 7. The van der Waals surface area contributed by atoms with Crippen LogP contribution in [0.1, 0.15) is 25.8 Å². The van der Waals surface area contributed by atoms with Crippen molar-refractivity contribution in [2.75, 3.05) is 56.4 Å². The van der Waals surface area contributed by atoms with Gasteiger partial charge in [0.1, 0.15) is 0 Å². The summed E-state index contributed by atoms with van der Waals surface area (Å²) in [5.41, 5.74) is 2.25. The highest BCUT2D eigenvalue weighted by Crippen LogP contribution is 2.33. The van der Waals surface area contributed by atoms with Crippen LogP contribution in [0, 0.1) is 0 Å². The van der Waals surface area contributed by atoms with E-state index in [9.17, 15) is 13.2 Å². The van der Waals surface area contributed by atoms with E-state index < -0.39 is 10.0 Å². The van der Waals surface area contributed by atoms with Crippen molar-refractivity contribution >= 4 is 27.3 Å². The molecule has 9 nitrogen and oxygen atoms in total. The molecule has 0 bridgehead atoms. The summed E-state index contributed by atoms with van der Waals surface area (Å²) in [5, 5.41) is 2.95. The average Bonchev–Trinajstić information content (AvgIpc) is 3.33. The highest BCUT2D eigenvalue weighted by Gasteiger charge is 2.27. The van der Waals surface area contributed by atoms with Gasteiger partial charge in [-0.2, -0.15) is 4.31 Å². The Morgan fingerprint density at radius 1 is 1.03 bits per heavy atom. The summed E-state index contributed by atoms with van der Waals surface area (Å²) in [4.78, 5) is 15.1. The number of rotatable bonds is 9. The monoisotopic (exact) mass is 489 g/mol. The number of ether oxygens (including phenoxy) is 3. The molecule has 0 spiro atoms. The van der Waals surface area contributed by atoms with E-state index in [0.717, 1.165) is 24.3 Å². The first-order chi connectivity index (χ1) is 16.4. The fourth-order valence-corrected chi connectivity index (χ4v) is 5.55. The summed E-state index contributed by atoms with van der Waals surface area (Å²) in [7, 11) is -3.68. The van der Waals surface area contributed by atoms with Gasteiger partial charge in [0.15, 0.2) is 11.5 Å². The van der Waals surface area contributed by atoms with E-state index in [1.807, 2.05) is 32.0 Å². The summed E-state index contributed by atoms with van der Waals surface area (Å²) < 4.78 is 43.8. The molecule has 2 heterocycles. The molecule has 2 aromatic rings. The molecule has 2 aliphatic rings. The van der Waals surface area contributed by atoms with Gasteiger partial charge in [-0.25, -0.2) is 8.42 Å². The number of fused-ring (bicyclic) bond motifs is 1. The van der Waals surface area contributed by atoms with Gasteiger partial charge in [-0.1, -0.05) is 6.07 Å². The summed E-state index contributed by atoms with van der Waals surface area (Å²) in [6.07, 6.45) is 0.770. The zero-order chi connectivity index (χ0) is 24.1. The number of morpholine rings is 1. The Kier molecular flexibility index (Phi) is 7.60. The molecule has 1 N–H and O–H groups in total. The summed E-state index contributed by atoms with van der Waals surface area (Å²) in [6, 6.07) is 10.6. The summed E-state index contributed by atoms with van der Waals surface area (Å²) in [6.45, 7) is 7.09. The zero-order valence-electron chi connectivity index (χ0n) is 19.6. The largest absolute Gasteiger partial charge is 0.454 e. The SMILES string of the molecule is CCN(CC)c1ccc(S(=O)(=O)N2CCOCC2)cc1NC(=O)CCc1ccc2c(c1)OCO2. The Hall–Kier alpha value is -2.82. The lowest BCUT2D eigenvalue weighted by atomic mass is 10.1. The van der Waals surface area contributed by atoms with Crippen LogP contribution in [0.15, 0.2) is 41.3 Å². The number of nitrogens with one attached hydrogen (secondary N) is 1. The van der Waals surface area contributed by atoms with Crippen molar-refractivity contribution in [2.24, 2.45) is 0 Å². The number of carbonyl (C=O) groups is 1. The maximum atomic E-state index is 13.2. The molecule has 34 heavy (non-hydrogen) atoms. The molecule has 10 heteroatoms. The van der Waals surface area contributed by atoms with Gasteiger partial charge in [-0.3, -0.25) is 4.79 Å². The normalized spacial score (nSPS) is 15.8. The van der Waals surface area contributed by atoms with Gasteiger partial charge < -0.3 is 24.4 Å². The smallest absolute Gasteiger partial charge is 0.243 e. The first-order valence-corrected chi connectivity index (χ1v) is 13.0. The van der Waals surface area contributed by atoms with Crippen molar-refractivity contribution in [1.29, 1.82) is 0 Å². The van der Waals surface area contributed by atoms with Crippen molar-refractivity contribution in [3.63, 3.8) is 0 Å². The van der Waals surface area contributed by atoms with Crippen LogP contribution in [0.3, 0.4) is 0 Å². The van der Waals surface area contributed by atoms with Crippen molar-refractivity contribution in [1.82, 2.24) is 4.31 Å². The predicted octanol–water partition coefficient (Wildman–Crippen LogP) is 2.85. The summed E-state index contributed by atoms with van der Waals surface area (Å²) in [5.74, 6) is 1.20. The second-order valence-corrected chi connectivity index (χ2v) is 10.0. The number of carbonyl (C=O) groups excluding carboxylic acids is 1. The number of benzene rings is 2. The molecule has 0 aromatic heterocycles. The number of aryl methyl sites for hydroxylation is 1. The molecule has 0 radical (unpaired) electrons. The standard InChI is InChI=1S/C24H31N3O6S/c1-3-26(4-2)21-8-7-19(34(29,30)27-11-13-31-14-12-27)16-20(21)25-24(28)10-6-18-5-9-22-23(15-18)33-17-32-22/h5,7-9,15-16H,3-4,6,10-14,17H2,1-2H3,(H,25,28). The lowest BCUT2D eigenvalue weighted by Gasteiger charge is -2.28. The molecule has 0 atom stereocenters. The van der Waals surface area contributed by atoms with E-state index in [1.165, 1.54) is 4.31 Å². The number of amides is 1. The van der Waals surface area contributed by atoms with Gasteiger partial charge >= 0.3 is 0 Å². The van der Waals surface area contributed by atoms with E-state index in [2.05, 4.69) is 10.2 Å². The van der Waals surface area contributed by atoms with Gasteiger partial charge in [0.2, 0.25) is 22.7 Å². The van der Waals surface area contributed by atoms with Crippen LogP contribution in [0.2, 0.25) is 0 Å². The Morgan fingerprint density at radius 3 is 2.50 bits per heavy atom. The fraction of sp³-hybridized carbons (Fsp3) is 0.458. The number of anilines is 2. The molecule has 184 valence electrons. The molecule has 2 aromatic carbocycles. The van der Waals surface area contributed by atoms with Gasteiger partial charge in [-0.15, -0.1) is 0 Å². The van der Waals surface area contributed by atoms with Crippen LogP contribution in [0.5, 0.6) is 11.5 Å². The van der Waals surface area contributed by atoms with Crippen molar-refractivity contribution in [3.05, 3.63) is 42.0 Å². The second-order valence-electron chi connectivity index (χ2n) is 8.10. The molecule has 0 aliphatic carbocycles. The third kappa shape index (κ3) is 5.29. The van der Waals surface area contributed by atoms with Crippen LogP contribution < -0.4 is 19.7 Å². The van der Waals surface area contributed by atoms with Crippen LogP contribution in [0.25, 0.3) is 0 Å². The van der Waals surface area contributed by atoms with Gasteiger partial charge in [0.25, 0.3) is 0 Å². The lowest BCUT2D eigenvalue weighted by molar-refractivity contribution is -0.116. The number of sulfonamides is 1. The lowest BCUT2D eigenvalue weighted by Crippen LogP contribution is -2.40. The maximum absolute atomic E-state index is 13.2. The first kappa shape index (κ1) is 24.3.